The van der Waals surface area contributed by atoms with Crippen LogP contribution >= 0.6 is 23.2 Å². The van der Waals surface area contributed by atoms with E-state index in [1.54, 1.807) is 12.3 Å². The van der Waals surface area contributed by atoms with Gasteiger partial charge in [0.25, 0.3) is 0 Å². The van der Waals surface area contributed by atoms with Gasteiger partial charge in [0.1, 0.15) is 0 Å². The minimum atomic E-state index is 0.173. The molecule has 2 nitrogen and oxygen atoms in total. The molecule has 0 spiro atoms. The highest BCUT2D eigenvalue weighted by atomic mass is 35.5. The van der Waals surface area contributed by atoms with Crippen LogP contribution in [0.15, 0.2) is 12.3 Å². The van der Waals surface area contributed by atoms with Gasteiger partial charge in [0.15, 0.2) is 0 Å². The number of alkyl halides is 1. The number of aromatic nitrogens is 1. The molecule has 1 aromatic heterocycles. The summed E-state index contributed by atoms with van der Waals surface area (Å²) in [7, 11) is 0. The Hall–Kier alpha value is -0.470. The lowest BCUT2D eigenvalue weighted by Gasteiger charge is -2.13. The standard InChI is InChI=1S/C11H15Cl2NO/c1-3-4-8(2)15-11-5-9(6-12)10(13)7-14-11/h5,7-8H,3-4,6H2,1-2H3. The van der Waals surface area contributed by atoms with Crippen LogP contribution in [-0.4, -0.2) is 11.1 Å². The molecule has 0 N–H and O–H groups in total. The fourth-order valence-corrected chi connectivity index (χ4v) is 1.76. The average Bonchev–Trinajstić information content (AvgIpc) is 2.21. The Morgan fingerprint density at radius 1 is 1.53 bits per heavy atom. The molecule has 0 saturated carbocycles. The van der Waals surface area contributed by atoms with Crippen LogP contribution in [0.1, 0.15) is 32.3 Å². The maximum Gasteiger partial charge on any atom is 0.213 e. The number of hydrogen-bond donors (Lipinski definition) is 0. The highest BCUT2D eigenvalue weighted by Crippen LogP contribution is 2.21. The zero-order valence-corrected chi connectivity index (χ0v) is 10.5. The first kappa shape index (κ1) is 12.6. The van der Waals surface area contributed by atoms with Crippen molar-refractivity contribution in [1.29, 1.82) is 0 Å². The van der Waals surface area contributed by atoms with Gasteiger partial charge in [-0.1, -0.05) is 24.9 Å². The molecule has 1 atom stereocenters. The van der Waals surface area contributed by atoms with E-state index in [1.165, 1.54) is 0 Å². The molecule has 1 aromatic rings. The van der Waals surface area contributed by atoms with E-state index in [9.17, 15) is 0 Å². The van der Waals surface area contributed by atoms with Crippen LogP contribution in [0.4, 0.5) is 0 Å². The van der Waals surface area contributed by atoms with Crippen molar-refractivity contribution in [3.05, 3.63) is 22.8 Å². The topological polar surface area (TPSA) is 22.1 Å². The first-order valence-electron chi connectivity index (χ1n) is 5.04. The molecule has 1 heterocycles. The number of ether oxygens (including phenoxy) is 1. The van der Waals surface area contributed by atoms with Crippen LogP contribution < -0.4 is 4.74 Å². The SMILES string of the molecule is CCCC(C)Oc1cc(CCl)c(Cl)cn1. The van der Waals surface area contributed by atoms with Crippen molar-refractivity contribution in [3.8, 4) is 5.88 Å². The highest BCUT2D eigenvalue weighted by molar-refractivity contribution is 6.32. The number of hydrogen-bond acceptors (Lipinski definition) is 2. The summed E-state index contributed by atoms with van der Waals surface area (Å²) in [5.74, 6) is 0.968. The minimum absolute atomic E-state index is 0.173. The first-order valence-corrected chi connectivity index (χ1v) is 5.95. The number of nitrogens with zero attached hydrogens (tertiary/aromatic N) is 1. The monoisotopic (exact) mass is 247 g/mol. The molecule has 0 saturated heterocycles. The molecule has 15 heavy (non-hydrogen) atoms. The van der Waals surface area contributed by atoms with Crippen molar-refractivity contribution >= 4 is 23.2 Å². The average molecular weight is 248 g/mol. The van der Waals surface area contributed by atoms with Gasteiger partial charge in [-0.3, -0.25) is 0 Å². The molecule has 1 rings (SSSR count). The van der Waals surface area contributed by atoms with Crippen LogP contribution in [0.5, 0.6) is 5.88 Å². The van der Waals surface area contributed by atoms with Crippen molar-refractivity contribution < 1.29 is 4.74 Å². The lowest BCUT2D eigenvalue weighted by atomic mass is 10.2. The van der Waals surface area contributed by atoms with E-state index in [4.69, 9.17) is 27.9 Å². The van der Waals surface area contributed by atoms with Crippen LogP contribution in [0.25, 0.3) is 0 Å². The van der Waals surface area contributed by atoms with E-state index >= 15 is 0 Å². The Morgan fingerprint density at radius 2 is 2.27 bits per heavy atom. The molecule has 84 valence electrons. The predicted octanol–water partition coefficient (Wildman–Crippen LogP) is 4.04. The maximum absolute atomic E-state index is 5.89. The summed E-state index contributed by atoms with van der Waals surface area (Å²) in [6.45, 7) is 4.15. The third kappa shape index (κ3) is 3.88. The van der Waals surface area contributed by atoms with Crippen LogP contribution in [-0.2, 0) is 5.88 Å². The zero-order valence-electron chi connectivity index (χ0n) is 8.96. The van der Waals surface area contributed by atoms with Gasteiger partial charge in [-0.2, -0.15) is 0 Å². The Kier molecular flexibility index (Phi) is 5.20. The van der Waals surface area contributed by atoms with Crippen LogP contribution in [0.2, 0.25) is 5.02 Å². The van der Waals surface area contributed by atoms with Crippen molar-refractivity contribution in [3.63, 3.8) is 0 Å². The number of rotatable bonds is 5. The van der Waals surface area contributed by atoms with Gasteiger partial charge in [0.05, 0.1) is 11.1 Å². The molecular weight excluding hydrogens is 233 g/mol. The lowest BCUT2D eigenvalue weighted by Crippen LogP contribution is -2.12. The largest absolute Gasteiger partial charge is 0.475 e. The Labute approximate surface area is 101 Å². The molecule has 0 fully saturated rings. The van der Waals surface area contributed by atoms with Crippen LogP contribution in [0, 0.1) is 0 Å². The van der Waals surface area contributed by atoms with E-state index in [2.05, 4.69) is 11.9 Å². The Morgan fingerprint density at radius 3 is 2.87 bits per heavy atom. The maximum atomic E-state index is 5.89. The van der Waals surface area contributed by atoms with Gasteiger partial charge in [-0.15, -0.1) is 11.6 Å². The van der Waals surface area contributed by atoms with E-state index in [0.717, 1.165) is 18.4 Å². The smallest absolute Gasteiger partial charge is 0.213 e. The van der Waals surface area contributed by atoms with Gasteiger partial charge in [-0.05, 0) is 18.9 Å². The second-order valence-corrected chi connectivity index (χ2v) is 4.14. The molecule has 1 unspecified atom stereocenters. The second-order valence-electron chi connectivity index (χ2n) is 3.46. The summed E-state index contributed by atoms with van der Waals surface area (Å²) in [5, 5.41) is 0.584. The lowest BCUT2D eigenvalue weighted by molar-refractivity contribution is 0.201. The molecular formula is C11H15Cl2NO. The normalized spacial score (nSPS) is 12.5. The third-order valence-electron chi connectivity index (χ3n) is 2.07. The zero-order chi connectivity index (χ0) is 11.3. The molecule has 0 aliphatic heterocycles. The summed E-state index contributed by atoms with van der Waals surface area (Å²) in [6.07, 6.45) is 3.86. The van der Waals surface area contributed by atoms with E-state index in [-0.39, 0.29) is 6.10 Å². The van der Waals surface area contributed by atoms with Crippen molar-refractivity contribution in [2.24, 2.45) is 0 Å². The summed E-state index contributed by atoms with van der Waals surface area (Å²) >= 11 is 11.6. The van der Waals surface area contributed by atoms with E-state index in [1.807, 2.05) is 6.92 Å². The van der Waals surface area contributed by atoms with Crippen molar-refractivity contribution in [2.75, 3.05) is 0 Å². The van der Waals surface area contributed by atoms with Crippen LogP contribution in [0.3, 0.4) is 0 Å². The van der Waals surface area contributed by atoms with Crippen molar-refractivity contribution in [1.82, 2.24) is 4.98 Å². The second kappa shape index (κ2) is 6.19. The van der Waals surface area contributed by atoms with Gasteiger partial charge in [0, 0.05) is 18.1 Å². The Balaban J connectivity index is 2.69. The number of halogens is 2. The van der Waals surface area contributed by atoms with Crippen molar-refractivity contribution in [2.45, 2.75) is 38.7 Å². The molecule has 0 amide bonds. The number of pyridine rings is 1. The van der Waals surface area contributed by atoms with Gasteiger partial charge >= 0.3 is 0 Å². The van der Waals surface area contributed by atoms with E-state index < -0.39 is 0 Å². The third-order valence-corrected chi connectivity index (χ3v) is 2.70. The summed E-state index contributed by atoms with van der Waals surface area (Å²) in [5.41, 5.74) is 0.854. The first-order chi connectivity index (χ1) is 7.17. The molecule has 0 aromatic carbocycles. The van der Waals surface area contributed by atoms with Gasteiger partial charge in [-0.25, -0.2) is 4.98 Å². The molecule has 0 radical (unpaired) electrons. The summed E-state index contributed by atoms with van der Waals surface area (Å²) in [6, 6.07) is 1.79. The fourth-order valence-electron chi connectivity index (χ4n) is 1.30. The molecule has 0 bridgehead atoms. The minimum Gasteiger partial charge on any atom is -0.475 e. The molecule has 0 aliphatic rings. The van der Waals surface area contributed by atoms with E-state index in [0.29, 0.717) is 16.8 Å². The summed E-state index contributed by atoms with van der Waals surface area (Å²) < 4.78 is 5.62. The summed E-state index contributed by atoms with van der Waals surface area (Å²) in [4.78, 5) is 4.10. The highest BCUT2D eigenvalue weighted by Gasteiger charge is 2.06. The quantitative estimate of drug-likeness (QED) is 0.733. The Bertz CT molecular complexity index is 317. The molecule has 0 aliphatic carbocycles. The van der Waals surface area contributed by atoms with Gasteiger partial charge in [0.2, 0.25) is 5.88 Å². The molecule has 4 heteroatoms. The van der Waals surface area contributed by atoms with Gasteiger partial charge < -0.3 is 4.74 Å². The predicted molar refractivity (Wildman–Crippen MR) is 63.8 cm³/mol. The fraction of sp³-hybridized carbons (Fsp3) is 0.545.